The number of carboxylic acids is 1. The second-order valence-corrected chi connectivity index (χ2v) is 4.27. The number of pyridine rings is 1. The van der Waals surface area contributed by atoms with E-state index in [0.717, 1.165) is 0 Å². The molecule has 5 nitrogen and oxygen atoms in total. The van der Waals surface area contributed by atoms with Crippen molar-refractivity contribution in [2.45, 2.75) is 0 Å². The molecule has 0 radical (unpaired) electrons. The highest BCUT2D eigenvalue weighted by molar-refractivity contribution is 6.33. The molecule has 0 bridgehead atoms. The average Bonchev–Trinajstić information content (AvgIpc) is 2.81. The van der Waals surface area contributed by atoms with Crippen molar-refractivity contribution in [2.24, 2.45) is 0 Å². The van der Waals surface area contributed by atoms with E-state index in [1.807, 2.05) is 0 Å². The lowest BCUT2D eigenvalue weighted by Crippen LogP contribution is -1.94. The van der Waals surface area contributed by atoms with Gasteiger partial charge in [0.15, 0.2) is 5.58 Å². The Kier molecular flexibility index (Phi) is 2.68. The number of fused-ring (bicyclic) bond motifs is 1. The van der Waals surface area contributed by atoms with Crippen molar-refractivity contribution in [3.05, 3.63) is 47.2 Å². The number of carboxylic acid groups (broad SMARTS) is 1. The summed E-state index contributed by atoms with van der Waals surface area (Å²) in [5.41, 5.74) is 1.75. The zero-order valence-electron chi connectivity index (χ0n) is 9.50. The molecule has 3 rings (SSSR count). The molecule has 19 heavy (non-hydrogen) atoms. The number of halogens is 1. The average molecular weight is 275 g/mol. The highest BCUT2D eigenvalue weighted by Gasteiger charge is 2.13. The molecule has 0 fully saturated rings. The van der Waals surface area contributed by atoms with E-state index in [2.05, 4.69) is 9.97 Å². The topological polar surface area (TPSA) is 76.2 Å². The largest absolute Gasteiger partial charge is 0.478 e. The molecule has 6 heteroatoms. The monoisotopic (exact) mass is 274 g/mol. The molecule has 0 aliphatic carbocycles. The van der Waals surface area contributed by atoms with Crippen LogP contribution in [0.2, 0.25) is 5.02 Å². The van der Waals surface area contributed by atoms with Crippen LogP contribution in [0, 0.1) is 0 Å². The molecule has 1 N–H and O–H groups in total. The molecule has 3 aromatic rings. The van der Waals surface area contributed by atoms with Gasteiger partial charge in [-0.05, 0) is 24.3 Å². The van der Waals surface area contributed by atoms with E-state index in [4.69, 9.17) is 21.1 Å². The molecule has 0 saturated carbocycles. The van der Waals surface area contributed by atoms with E-state index in [1.54, 1.807) is 18.3 Å². The van der Waals surface area contributed by atoms with Crippen LogP contribution in [0.1, 0.15) is 10.4 Å². The van der Waals surface area contributed by atoms with Crippen molar-refractivity contribution in [1.29, 1.82) is 0 Å². The summed E-state index contributed by atoms with van der Waals surface area (Å²) >= 11 is 6.01. The molecule has 0 saturated heterocycles. The lowest BCUT2D eigenvalue weighted by atomic mass is 10.2. The van der Waals surface area contributed by atoms with Crippen molar-refractivity contribution < 1.29 is 14.3 Å². The van der Waals surface area contributed by atoms with Gasteiger partial charge in [-0.2, -0.15) is 0 Å². The number of oxazole rings is 1. The first-order valence-electron chi connectivity index (χ1n) is 5.39. The summed E-state index contributed by atoms with van der Waals surface area (Å²) in [6.45, 7) is 0. The Morgan fingerprint density at radius 1 is 1.32 bits per heavy atom. The fourth-order valence-corrected chi connectivity index (χ4v) is 1.92. The SMILES string of the molecule is O=C(O)c1ccc2nc(-c3ccncc3Cl)oc2c1. The number of nitrogens with zero attached hydrogens (tertiary/aromatic N) is 2. The first-order chi connectivity index (χ1) is 9.15. The van der Waals surface area contributed by atoms with Gasteiger partial charge in [-0.3, -0.25) is 4.98 Å². The summed E-state index contributed by atoms with van der Waals surface area (Å²) in [6, 6.07) is 6.19. The van der Waals surface area contributed by atoms with Gasteiger partial charge in [-0.25, -0.2) is 9.78 Å². The van der Waals surface area contributed by atoms with E-state index in [-0.39, 0.29) is 5.56 Å². The zero-order chi connectivity index (χ0) is 13.4. The van der Waals surface area contributed by atoms with E-state index in [9.17, 15) is 4.79 Å². The Labute approximate surface area is 112 Å². The third kappa shape index (κ3) is 2.04. The standard InChI is InChI=1S/C13H7ClN2O3/c14-9-6-15-4-3-8(9)12-16-10-2-1-7(13(17)18)5-11(10)19-12/h1-6H,(H,17,18). The summed E-state index contributed by atoms with van der Waals surface area (Å²) in [5, 5.41) is 9.34. The first kappa shape index (κ1) is 11.7. The highest BCUT2D eigenvalue weighted by atomic mass is 35.5. The molecular formula is C13H7ClN2O3. The van der Waals surface area contributed by atoms with Gasteiger partial charge in [0.2, 0.25) is 5.89 Å². The van der Waals surface area contributed by atoms with Crippen LogP contribution in [-0.4, -0.2) is 21.0 Å². The minimum Gasteiger partial charge on any atom is -0.478 e. The van der Waals surface area contributed by atoms with Gasteiger partial charge in [0.1, 0.15) is 5.52 Å². The van der Waals surface area contributed by atoms with E-state index < -0.39 is 5.97 Å². The van der Waals surface area contributed by atoms with Crippen molar-refractivity contribution in [3.63, 3.8) is 0 Å². The summed E-state index contributed by atoms with van der Waals surface area (Å²) in [6.07, 6.45) is 3.08. The number of aromatic carboxylic acids is 1. The molecule has 0 aliphatic heterocycles. The van der Waals surface area contributed by atoms with Gasteiger partial charge in [0.25, 0.3) is 0 Å². The number of carbonyl (C=O) groups is 1. The zero-order valence-corrected chi connectivity index (χ0v) is 10.3. The van der Waals surface area contributed by atoms with Gasteiger partial charge < -0.3 is 9.52 Å². The number of benzene rings is 1. The Hall–Kier alpha value is -2.40. The minimum absolute atomic E-state index is 0.149. The smallest absolute Gasteiger partial charge is 0.335 e. The van der Waals surface area contributed by atoms with Crippen LogP contribution in [0.25, 0.3) is 22.6 Å². The van der Waals surface area contributed by atoms with Crippen LogP contribution in [0.3, 0.4) is 0 Å². The van der Waals surface area contributed by atoms with Crippen molar-refractivity contribution in [1.82, 2.24) is 9.97 Å². The predicted octanol–water partition coefficient (Wildman–Crippen LogP) is 3.24. The molecule has 0 unspecified atom stereocenters. The van der Waals surface area contributed by atoms with Gasteiger partial charge in [0.05, 0.1) is 16.1 Å². The molecule has 0 atom stereocenters. The van der Waals surface area contributed by atoms with Crippen LogP contribution < -0.4 is 0 Å². The maximum Gasteiger partial charge on any atom is 0.335 e. The first-order valence-corrected chi connectivity index (χ1v) is 5.77. The summed E-state index contributed by atoms with van der Waals surface area (Å²) in [7, 11) is 0. The third-order valence-corrected chi connectivity index (χ3v) is 2.94. The summed E-state index contributed by atoms with van der Waals surface area (Å²) in [4.78, 5) is 19.0. The van der Waals surface area contributed by atoms with Gasteiger partial charge in [0, 0.05) is 12.4 Å². The summed E-state index contributed by atoms with van der Waals surface area (Å²) < 4.78 is 5.54. The Bertz CT molecular complexity index is 782. The molecule has 0 aliphatic rings. The Balaban J connectivity index is 2.17. The predicted molar refractivity (Wildman–Crippen MR) is 69.2 cm³/mol. The second kappa shape index (κ2) is 4.37. The fraction of sp³-hybridized carbons (Fsp3) is 0. The van der Waals surface area contributed by atoms with Crippen LogP contribution in [0.4, 0.5) is 0 Å². The quantitative estimate of drug-likeness (QED) is 0.776. The fourth-order valence-electron chi connectivity index (χ4n) is 1.72. The third-order valence-electron chi connectivity index (χ3n) is 2.64. The Morgan fingerprint density at radius 3 is 2.89 bits per heavy atom. The van der Waals surface area contributed by atoms with Crippen LogP contribution in [0.5, 0.6) is 0 Å². The molecule has 0 amide bonds. The molecule has 0 spiro atoms. The highest BCUT2D eigenvalue weighted by Crippen LogP contribution is 2.29. The molecule has 1 aromatic carbocycles. The van der Waals surface area contributed by atoms with Crippen molar-refractivity contribution in [3.8, 4) is 11.5 Å². The van der Waals surface area contributed by atoms with Crippen LogP contribution in [-0.2, 0) is 0 Å². The maximum atomic E-state index is 10.9. The van der Waals surface area contributed by atoms with Gasteiger partial charge >= 0.3 is 5.97 Å². The van der Waals surface area contributed by atoms with Crippen molar-refractivity contribution >= 4 is 28.7 Å². The van der Waals surface area contributed by atoms with E-state index in [0.29, 0.717) is 27.6 Å². The number of hydrogen-bond donors (Lipinski definition) is 1. The molecule has 2 aromatic heterocycles. The molecule has 2 heterocycles. The van der Waals surface area contributed by atoms with Gasteiger partial charge in [-0.15, -0.1) is 0 Å². The minimum atomic E-state index is -1.01. The lowest BCUT2D eigenvalue weighted by Gasteiger charge is -1.96. The van der Waals surface area contributed by atoms with Crippen LogP contribution >= 0.6 is 11.6 Å². The van der Waals surface area contributed by atoms with Crippen molar-refractivity contribution in [2.75, 3.05) is 0 Å². The second-order valence-electron chi connectivity index (χ2n) is 3.86. The van der Waals surface area contributed by atoms with Crippen LogP contribution in [0.15, 0.2) is 41.1 Å². The Morgan fingerprint density at radius 2 is 2.16 bits per heavy atom. The number of hydrogen-bond acceptors (Lipinski definition) is 4. The molecule has 94 valence electrons. The van der Waals surface area contributed by atoms with E-state index in [1.165, 1.54) is 18.3 Å². The van der Waals surface area contributed by atoms with Gasteiger partial charge in [-0.1, -0.05) is 11.6 Å². The normalized spacial score (nSPS) is 10.8. The number of rotatable bonds is 2. The summed E-state index contributed by atoms with van der Waals surface area (Å²) in [5.74, 6) is -0.674. The maximum absolute atomic E-state index is 10.9. The molecular weight excluding hydrogens is 268 g/mol. The number of aromatic nitrogens is 2. The lowest BCUT2D eigenvalue weighted by molar-refractivity contribution is 0.0697. The van der Waals surface area contributed by atoms with E-state index >= 15 is 0 Å².